The van der Waals surface area contributed by atoms with E-state index in [-0.39, 0.29) is 28.5 Å². The largest absolute Gasteiger partial charge is 0.481 e. The normalized spacial score (nSPS) is 16.3. The first-order chi connectivity index (χ1) is 13.5. The molecule has 28 heavy (non-hydrogen) atoms. The van der Waals surface area contributed by atoms with Gasteiger partial charge in [0, 0.05) is 35.8 Å². The van der Waals surface area contributed by atoms with Gasteiger partial charge in [0.2, 0.25) is 5.95 Å². The lowest BCUT2D eigenvalue weighted by Crippen LogP contribution is -2.16. The monoisotopic (exact) mass is 404 g/mol. The van der Waals surface area contributed by atoms with Crippen molar-refractivity contribution in [2.24, 2.45) is 0 Å². The van der Waals surface area contributed by atoms with Gasteiger partial charge < -0.3 is 14.8 Å². The van der Waals surface area contributed by atoms with Crippen LogP contribution in [0.3, 0.4) is 0 Å². The first-order valence-corrected chi connectivity index (χ1v) is 8.79. The van der Waals surface area contributed by atoms with Crippen LogP contribution >= 0.6 is 11.6 Å². The zero-order valence-corrected chi connectivity index (χ0v) is 15.1. The van der Waals surface area contributed by atoms with E-state index in [0.29, 0.717) is 36.2 Å². The Morgan fingerprint density at radius 2 is 2.21 bits per heavy atom. The van der Waals surface area contributed by atoms with Crippen molar-refractivity contribution in [3.63, 3.8) is 0 Å². The number of nitro groups is 1. The van der Waals surface area contributed by atoms with Crippen LogP contribution in [0.15, 0.2) is 36.5 Å². The third-order valence-electron chi connectivity index (χ3n) is 4.21. The number of hydrogen-bond acceptors (Lipinski definition) is 7. The zero-order chi connectivity index (χ0) is 19.7. The quantitative estimate of drug-likeness (QED) is 0.501. The van der Waals surface area contributed by atoms with E-state index in [4.69, 9.17) is 21.1 Å². The molecule has 1 aliphatic heterocycles. The minimum atomic E-state index is -0.531. The van der Waals surface area contributed by atoms with Crippen LogP contribution in [0.5, 0.6) is 5.75 Å². The maximum atomic E-state index is 13.3. The molecule has 0 saturated carbocycles. The Labute approximate surface area is 163 Å². The van der Waals surface area contributed by atoms with Crippen molar-refractivity contribution in [3.8, 4) is 5.75 Å². The number of nitrogens with one attached hydrogen (secondary N) is 1. The van der Waals surface area contributed by atoms with E-state index in [1.807, 2.05) is 0 Å². The number of anilines is 2. The van der Waals surface area contributed by atoms with Gasteiger partial charge in [-0.3, -0.25) is 10.1 Å². The number of aromatic nitrogens is 2. The van der Waals surface area contributed by atoms with Gasteiger partial charge in [-0.15, -0.1) is 0 Å². The number of hydrogen-bond donors (Lipinski definition) is 1. The summed E-state index contributed by atoms with van der Waals surface area (Å²) in [6.07, 6.45) is 1.89. The van der Waals surface area contributed by atoms with E-state index in [1.165, 1.54) is 36.5 Å². The Morgan fingerprint density at radius 3 is 2.93 bits per heavy atom. The average Bonchev–Trinajstić information content (AvgIpc) is 3.17. The minimum absolute atomic E-state index is 0.0316. The van der Waals surface area contributed by atoms with Crippen LogP contribution in [0.4, 0.5) is 21.7 Å². The SMILES string of the molecule is O=[N+]([O-])c1cc2cnc(Nc3ccc(F)c(Cl)c3)nc2cc1O[C@H]1CCOC1. The van der Waals surface area contributed by atoms with E-state index < -0.39 is 10.7 Å². The Hall–Kier alpha value is -3.04. The molecule has 0 unspecified atom stereocenters. The first kappa shape index (κ1) is 18.3. The molecule has 1 fully saturated rings. The van der Waals surface area contributed by atoms with E-state index in [2.05, 4.69) is 15.3 Å². The van der Waals surface area contributed by atoms with Gasteiger partial charge in [0.1, 0.15) is 11.9 Å². The summed E-state index contributed by atoms with van der Waals surface area (Å²) in [5.74, 6) is -0.168. The summed E-state index contributed by atoms with van der Waals surface area (Å²) in [7, 11) is 0. The van der Waals surface area contributed by atoms with Crippen molar-refractivity contribution in [3.05, 3.63) is 57.5 Å². The number of benzene rings is 2. The standard InChI is InChI=1S/C18H14ClFN4O4/c19-13-6-11(1-2-14(13)20)22-18-21-8-10-5-16(24(25)26)17(7-15(10)23-18)28-12-3-4-27-9-12/h1-2,5-8,12H,3-4,9H2,(H,21,22,23)/t12-/m0/s1. The van der Waals surface area contributed by atoms with Gasteiger partial charge in [-0.05, 0) is 18.2 Å². The molecule has 2 aromatic carbocycles. The Balaban J connectivity index is 1.68. The summed E-state index contributed by atoms with van der Waals surface area (Å²) in [6.45, 7) is 0.944. The van der Waals surface area contributed by atoms with Crippen LogP contribution in [-0.2, 0) is 4.74 Å². The molecule has 0 bridgehead atoms. The number of fused-ring (bicyclic) bond motifs is 1. The Bertz CT molecular complexity index is 1060. The molecule has 3 aromatic rings. The predicted molar refractivity (Wildman–Crippen MR) is 101 cm³/mol. The Kier molecular flexibility index (Phi) is 4.93. The maximum Gasteiger partial charge on any atom is 0.311 e. The van der Waals surface area contributed by atoms with Crippen LogP contribution in [0.1, 0.15) is 6.42 Å². The molecule has 1 saturated heterocycles. The number of halogens is 2. The molecule has 144 valence electrons. The van der Waals surface area contributed by atoms with Crippen molar-refractivity contribution in [1.29, 1.82) is 0 Å². The van der Waals surface area contributed by atoms with E-state index in [1.54, 1.807) is 0 Å². The van der Waals surface area contributed by atoms with Gasteiger partial charge in [0.25, 0.3) is 0 Å². The fourth-order valence-corrected chi connectivity index (χ4v) is 3.01. The second-order valence-corrected chi connectivity index (χ2v) is 6.59. The fourth-order valence-electron chi connectivity index (χ4n) is 2.83. The fraction of sp³-hybridized carbons (Fsp3) is 0.222. The first-order valence-electron chi connectivity index (χ1n) is 8.41. The summed E-state index contributed by atoms with van der Waals surface area (Å²) >= 11 is 5.78. The molecule has 0 aliphatic carbocycles. The van der Waals surface area contributed by atoms with Crippen LogP contribution < -0.4 is 10.1 Å². The van der Waals surface area contributed by atoms with Crippen molar-refractivity contribution in [2.75, 3.05) is 18.5 Å². The van der Waals surface area contributed by atoms with Crippen LogP contribution in [-0.4, -0.2) is 34.2 Å². The Morgan fingerprint density at radius 1 is 1.36 bits per heavy atom. The summed E-state index contributed by atoms with van der Waals surface area (Å²) in [4.78, 5) is 19.4. The third kappa shape index (κ3) is 3.80. The zero-order valence-electron chi connectivity index (χ0n) is 14.4. The molecule has 8 nitrogen and oxygen atoms in total. The van der Waals surface area contributed by atoms with Crippen molar-refractivity contribution < 1.29 is 18.8 Å². The van der Waals surface area contributed by atoms with Crippen molar-refractivity contribution in [1.82, 2.24) is 9.97 Å². The molecular weight excluding hydrogens is 391 g/mol. The molecule has 1 aliphatic rings. The molecule has 0 spiro atoms. The molecule has 1 N–H and O–H groups in total. The summed E-state index contributed by atoms with van der Waals surface area (Å²) in [6, 6.07) is 7.02. The van der Waals surface area contributed by atoms with Gasteiger partial charge in [-0.1, -0.05) is 11.6 Å². The van der Waals surface area contributed by atoms with Gasteiger partial charge in [0.05, 0.1) is 28.7 Å². The van der Waals surface area contributed by atoms with Gasteiger partial charge >= 0.3 is 5.69 Å². The lowest BCUT2D eigenvalue weighted by Gasteiger charge is -2.13. The maximum absolute atomic E-state index is 13.3. The molecule has 2 heterocycles. The molecule has 0 radical (unpaired) electrons. The van der Waals surface area contributed by atoms with Crippen LogP contribution in [0.25, 0.3) is 10.9 Å². The topological polar surface area (TPSA) is 99.4 Å². The highest BCUT2D eigenvalue weighted by Crippen LogP contribution is 2.33. The number of nitrogens with zero attached hydrogens (tertiary/aromatic N) is 3. The third-order valence-corrected chi connectivity index (χ3v) is 4.50. The highest BCUT2D eigenvalue weighted by Gasteiger charge is 2.24. The lowest BCUT2D eigenvalue weighted by atomic mass is 10.2. The number of rotatable bonds is 5. The van der Waals surface area contributed by atoms with Gasteiger partial charge in [-0.25, -0.2) is 14.4 Å². The predicted octanol–water partition coefficient (Wildman–Crippen LogP) is 4.24. The molecular formula is C18H14ClFN4O4. The van der Waals surface area contributed by atoms with Crippen molar-refractivity contribution >= 4 is 39.8 Å². The summed E-state index contributed by atoms with van der Waals surface area (Å²) in [5, 5.41) is 14.8. The summed E-state index contributed by atoms with van der Waals surface area (Å²) < 4.78 is 24.3. The van der Waals surface area contributed by atoms with Crippen molar-refractivity contribution in [2.45, 2.75) is 12.5 Å². The second-order valence-electron chi connectivity index (χ2n) is 6.19. The highest BCUT2D eigenvalue weighted by molar-refractivity contribution is 6.31. The van der Waals surface area contributed by atoms with E-state index in [0.717, 1.165) is 0 Å². The molecule has 1 atom stereocenters. The minimum Gasteiger partial charge on any atom is -0.481 e. The number of nitro benzene ring substituents is 1. The molecule has 1 aromatic heterocycles. The molecule has 0 amide bonds. The lowest BCUT2D eigenvalue weighted by molar-refractivity contribution is -0.385. The van der Waals surface area contributed by atoms with E-state index >= 15 is 0 Å². The van der Waals surface area contributed by atoms with Gasteiger partial charge in [-0.2, -0.15) is 0 Å². The molecule has 10 heteroatoms. The van der Waals surface area contributed by atoms with E-state index in [9.17, 15) is 14.5 Å². The second kappa shape index (κ2) is 7.53. The average molecular weight is 405 g/mol. The van der Waals surface area contributed by atoms with Crippen LogP contribution in [0.2, 0.25) is 5.02 Å². The van der Waals surface area contributed by atoms with Gasteiger partial charge in [0.15, 0.2) is 5.75 Å². The highest BCUT2D eigenvalue weighted by atomic mass is 35.5. The van der Waals surface area contributed by atoms with Crippen LogP contribution in [0, 0.1) is 15.9 Å². The smallest absolute Gasteiger partial charge is 0.311 e. The number of ether oxygens (including phenoxy) is 2. The molecule has 4 rings (SSSR count). The summed E-state index contributed by atoms with van der Waals surface area (Å²) in [5.41, 5.74) is 0.812.